The number of anilines is 1. The zero-order valence-corrected chi connectivity index (χ0v) is 13.0. The smallest absolute Gasteiger partial charge is 0.234 e. The quantitative estimate of drug-likeness (QED) is 0.868. The molecule has 1 spiro atoms. The van der Waals surface area contributed by atoms with Gasteiger partial charge in [-0.05, 0) is 31.9 Å². The van der Waals surface area contributed by atoms with E-state index in [1.165, 1.54) is 11.9 Å². The van der Waals surface area contributed by atoms with Gasteiger partial charge in [0.05, 0.1) is 36.0 Å². The number of hydrogen-bond donors (Lipinski definition) is 0. The van der Waals surface area contributed by atoms with Gasteiger partial charge in [0, 0.05) is 25.2 Å². The van der Waals surface area contributed by atoms with Crippen LogP contribution < -0.4 is 4.90 Å². The number of likely N-dealkylation sites (tertiary alicyclic amines) is 1. The van der Waals surface area contributed by atoms with Crippen LogP contribution in [0, 0.1) is 5.41 Å². The third-order valence-corrected chi connectivity index (χ3v) is 5.01. The van der Waals surface area contributed by atoms with Crippen molar-refractivity contribution in [1.29, 1.82) is 0 Å². The summed E-state index contributed by atoms with van der Waals surface area (Å²) in [4.78, 5) is 25.3. The molecule has 2 aromatic rings. The van der Waals surface area contributed by atoms with E-state index >= 15 is 0 Å². The van der Waals surface area contributed by atoms with Crippen molar-refractivity contribution in [2.45, 2.75) is 25.8 Å². The number of amides is 1. The van der Waals surface area contributed by atoms with Crippen molar-refractivity contribution in [1.82, 2.24) is 14.9 Å². The number of furan rings is 1. The van der Waals surface area contributed by atoms with Gasteiger partial charge in [0.2, 0.25) is 5.91 Å². The van der Waals surface area contributed by atoms with Gasteiger partial charge < -0.3 is 9.32 Å². The van der Waals surface area contributed by atoms with Crippen molar-refractivity contribution in [3.8, 4) is 0 Å². The number of rotatable bonds is 3. The highest BCUT2D eigenvalue weighted by molar-refractivity contribution is 5.99. The van der Waals surface area contributed by atoms with E-state index in [0.717, 1.165) is 51.1 Å². The molecule has 2 aliphatic rings. The number of aromatic nitrogens is 2. The zero-order chi connectivity index (χ0) is 15.7. The van der Waals surface area contributed by atoms with Gasteiger partial charge in [-0.15, -0.1) is 0 Å². The van der Waals surface area contributed by atoms with Crippen molar-refractivity contribution in [2.24, 2.45) is 5.41 Å². The molecule has 120 valence electrons. The predicted molar refractivity (Wildman–Crippen MR) is 84.7 cm³/mol. The lowest BCUT2D eigenvalue weighted by molar-refractivity contribution is -0.128. The first-order valence-electron chi connectivity index (χ1n) is 8.07. The maximum absolute atomic E-state index is 13.1. The number of carbonyl (C=O) groups is 1. The van der Waals surface area contributed by atoms with Crippen molar-refractivity contribution >= 4 is 11.6 Å². The molecule has 4 rings (SSSR count). The van der Waals surface area contributed by atoms with Gasteiger partial charge in [-0.3, -0.25) is 9.69 Å². The SMILES string of the molecule is O=C1N(c2cncnc2)CCC12CCCN(Cc1ccoc1)C2. The Morgan fingerprint density at radius 3 is 2.87 bits per heavy atom. The summed E-state index contributed by atoms with van der Waals surface area (Å²) in [7, 11) is 0. The first kappa shape index (κ1) is 14.4. The van der Waals surface area contributed by atoms with Crippen LogP contribution in [0.3, 0.4) is 0 Å². The van der Waals surface area contributed by atoms with E-state index in [1.807, 2.05) is 11.0 Å². The molecule has 2 saturated heterocycles. The Morgan fingerprint density at radius 1 is 1.22 bits per heavy atom. The molecule has 6 heteroatoms. The zero-order valence-electron chi connectivity index (χ0n) is 13.0. The summed E-state index contributed by atoms with van der Waals surface area (Å²) in [6.45, 7) is 3.46. The Morgan fingerprint density at radius 2 is 2.09 bits per heavy atom. The third-order valence-electron chi connectivity index (χ3n) is 5.01. The topological polar surface area (TPSA) is 62.5 Å². The fourth-order valence-electron chi connectivity index (χ4n) is 3.88. The van der Waals surface area contributed by atoms with Crippen molar-refractivity contribution in [3.63, 3.8) is 0 Å². The molecule has 1 amide bonds. The number of carbonyl (C=O) groups excluding carboxylic acids is 1. The van der Waals surface area contributed by atoms with Crippen molar-refractivity contribution in [2.75, 3.05) is 24.5 Å². The van der Waals surface area contributed by atoms with Crippen LogP contribution in [-0.4, -0.2) is 40.4 Å². The highest BCUT2D eigenvalue weighted by atomic mass is 16.3. The molecule has 6 nitrogen and oxygen atoms in total. The molecule has 2 aliphatic heterocycles. The first-order valence-corrected chi connectivity index (χ1v) is 8.07. The van der Waals surface area contributed by atoms with Crippen LogP contribution in [0.2, 0.25) is 0 Å². The molecule has 0 radical (unpaired) electrons. The van der Waals surface area contributed by atoms with Crippen LogP contribution in [0.5, 0.6) is 0 Å². The van der Waals surface area contributed by atoms with Crippen LogP contribution in [0.25, 0.3) is 0 Å². The monoisotopic (exact) mass is 312 g/mol. The molecule has 1 unspecified atom stereocenters. The Kier molecular flexibility index (Phi) is 3.61. The molecule has 2 fully saturated rings. The molecule has 0 saturated carbocycles. The van der Waals surface area contributed by atoms with Gasteiger partial charge in [0.25, 0.3) is 0 Å². The summed E-state index contributed by atoms with van der Waals surface area (Å²) in [6.07, 6.45) is 11.3. The Bertz CT molecular complexity index is 673. The van der Waals surface area contributed by atoms with Gasteiger partial charge in [0.15, 0.2) is 0 Å². The molecular weight excluding hydrogens is 292 g/mol. The second kappa shape index (κ2) is 5.77. The number of nitrogens with zero attached hydrogens (tertiary/aromatic N) is 4. The van der Waals surface area contributed by atoms with E-state index in [4.69, 9.17) is 4.42 Å². The van der Waals surface area contributed by atoms with E-state index < -0.39 is 0 Å². The Hall–Kier alpha value is -2.21. The summed E-state index contributed by atoms with van der Waals surface area (Å²) in [5.41, 5.74) is 1.72. The summed E-state index contributed by atoms with van der Waals surface area (Å²) in [5.74, 6) is 0.226. The lowest BCUT2D eigenvalue weighted by Gasteiger charge is -2.38. The van der Waals surface area contributed by atoms with E-state index in [9.17, 15) is 4.79 Å². The molecule has 2 aromatic heterocycles. The molecule has 0 bridgehead atoms. The van der Waals surface area contributed by atoms with Gasteiger partial charge >= 0.3 is 0 Å². The van der Waals surface area contributed by atoms with Crippen LogP contribution in [0.1, 0.15) is 24.8 Å². The van der Waals surface area contributed by atoms with Crippen LogP contribution in [0.4, 0.5) is 5.69 Å². The van der Waals surface area contributed by atoms with E-state index in [0.29, 0.717) is 0 Å². The Labute approximate surface area is 135 Å². The highest BCUT2D eigenvalue weighted by Gasteiger charge is 2.49. The normalized spacial score (nSPS) is 25.4. The fourth-order valence-corrected chi connectivity index (χ4v) is 3.88. The molecule has 23 heavy (non-hydrogen) atoms. The van der Waals surface area contributed by atoms with Crippen LogP contribution in [-0.2, 0) is 11.3 Å². The second-order valence-electron chi connectivity index (χ2n) is 6.53. The standard InChI is InChI=1S/C17H20N4O2/c22-16-17(4-6-21(16)15-8-18-13-19-9-15)3-1-5-20(12-17)10-14-2-7-23-11-14/h2,7-9,11,13H,1,3-6,10,12H2. The molecular formula is C17H20N4O2. The average molecular weight is 312 g/mol. The highest BCUT2D eigenvalue weighted by Crippen LogP contribution is 2.41. The summed E-state index contributed by atoms with van der Waals surface area (Å²) >= 11 is 0. The van der Waals surface area contributed by atoms with Crippen molar-refractivity contribution < 1.29 is 9.21 Å². The molecule has 0 aromatic carbocycles. The van der Waals surface area contributed by atoms with E-state index in [1.54, 1.807) is 24.9 Å². The van der Waals surface area contributed by atoms with Gasteiger partial charge in [-0.1, -0.05) is 0 Å². The molecule has 1 atom stereocenters. The summed E-state index contributed by atoms with van der Waals surface area (Å²) in [5, 5.41) is 0. The van der Waals surface area contributed by atoms with Gasteiger partial charge in [-0.25, -0.2) is 9.97 Å². The maximum Gasteiger partial charge on any atom is 0.234 e. The van der Waals surface area contributed by atoms with Crippen LogP contribution in [0.15, 0.2) is 41.7 Å². The van der Waals surface area contributed by atoms with Crippen LogP contribution >= 0.6 is 0 Å². The largest absolute Gasteiger partial charge is 0.472 e. The lowest BCUT2D eigenvalue weighted by atomic mass is 9.78. The minimum atomic E-state index is -0.252. The third kappa shape index (κ3) is 2.63. The fraction of sp³-hybridized carbons (Fsp3) is 0.471. The van der Waals surface area contributed by atoms with E-state index in [2.05, 4.69) is 14.9 Å². The molecule has 4 heterocycles. The van der Waals surface area contributed by atoms with Gasteiger partial charge in [-0.2, -0.15) is 0 Å². The lowest BCUT2D eigenvalue weighted by Crippen LogP contribution is -2.47. The number of hydrogen-bond acceptors (Lipinski definition) is 5. The first-order chi connectivity index (χ1) is 11.3. The minimum Gasteiger partial charge on any atom is -0.472 e. The predicted octanol–water partition coefficient (Wildman–Crippen LogP) is 2.09. The summed E-state index contributed by atoms with van der Waals surface area (Å²) < 4.78 is 5.15. The Balaban J connectivity index is 1.51. The number of piperidine rings is 1. The van der Waals surface area contributed by atoms with Crippen molar-refractivity contribution in [3.05, 3.63) is 42.9 Å². The maximum atomic E-state index is 13.1. The minimum absolute atomic E-state index is 0.226. The van der Waals surface area contributed by atoms with E-state index in [-0.39, 0.29) is 11.3 Å². The molecule has 0 aliphatic carbocycles. The summed E-state index contributed by atoms with van der Waals surface area (Å²) in [6, 6.07) is 1.99. The average Bonchev–Trinajstić information content (AvgIpc) is 3.19. The second-order valence-corrected chi connectivity index (χ2v) is 6.53. The molecule has 0 N–H and O–H groups in total. The van der Waals surface area contributed by atoms with Gasteiger partial charge in [0.1, 0.15) is 6.33 Å².